The minimum atomic E-state index is -0.314. The van der Waals surface area contributed by atoms with Crippen LogP contribution < -0.4 is 5.32 Å². The minimum Gasteiger partial charge on any atom is -0.420 e. The third-order valence-electron chi connectivity index (χ3n) is 4.01. The zero-order valence-corrected chi connectivity index (χ0v) is 15.0. The highest BCUT2D eigenvalue weighted by Crippen LogP contribution is 2.33. The Morgan fingerprint density at radius 2 is 1.52 bits per heavy atom. The van der Waals surface area contributed by atoms with Crippen molar-refractivity contribution in [3.05, 3.63) is 95.5 Å². The molecule has 4 rings (SSSR count). The molecule has 1 amide bonds. The van der Waals surface area contributed by atoms with Crippen LogP contribution in [-0.4, -0.2) is 10.9 Å². The number of anilines is 1. The largest absolute Gasteiger partial charge is 0.420 e. The standard InChI is InChI=1S/C22H15ClN2O2/c23-18-13-7-12-17(14-18)20(26)25-22-19(15-8-3-1-4-9-15)24-21(27-22)16-10-5-2-6-11-16/h1-14H,(H,25,26). The van der Waals surface area contributed by atoms with Gasteiger partial charge >= 0.3 is 0 Å². The van der Waals surface area contributed by atoms with Gasteiger partial charge in [-0.05, 0) is 30.3 Å². The van der Waals surface area contributed by atoms with Crippen molar-refractivity contribution in [2.45, 2.75) is 0 Å². The van der Waals surface area contributed by atoms with E-state index < -0.39 is 0 Å². The van der Waals surface area contributed by atoms with Gasteiger partial charge in [-0.15, -0.1) is 0 Å². The van der Waals surface area contributed by atoms with E-state index >= 15 is 0 Å². The highest BCUT2D eigenvalue weighted by molar-refractivity contribution is 6.31. The van der Waals surface area contributed by atoms with Crippen LogP contribution in [0.4, 0.5) is 5.88 Å². The van der Waals surface area contributed by atoms with Gasteiger partial charge in [-0.1, -0.05) is 66.2 Å². The number of hydrogen-bond acceptors (Lipinski definition) is 3. The smallest absolute Gasteiger partial charge is 0.258 e. The number of nitrogens with one attached hydrogen (secondary N) is 1. The quantitative estimate of drug-likeness (QED) is 0.482. The lowest BCUT2D eigenvalue weighted by Crippen LogP contribution is -2.11. The molecule has 1 aromatic heterocycles. The first-order chi connectivity index (χ1) is 13.2. The Labute approximate surface area is 161 Å². The third kappa shape index (κ3) is 3.76. The van der Waals surface area contributed by atoms with Gasteiger partial charge in [0.2, 0.25) is 11.8 Å². The van der Waals surface area contributed by atoms with Crippen LogP contribution >= 0.6 is 11.6 Å². The van der Waals surface area contributed by atoms with Crippen LogP contribution in [0.25, 0.3) is 22.7 Å². The monoisotopic (exact) mass is 374 g/mol. The molecule has 0 aliphatic rings. The molecule has 3 aromatic carbocycles. The average molecular weight is 375 g/mol. The first-order valence-electron chi connectivity index (χ1n) is 8.39. The van der Waals surface area contributed by atoms with E-state index in [9.17, 15) is 4.79 Å². The van der Waals surface area contributed by atoms with Crippen molar-refractivity contribution in [2.24, 2.45) is 0 Å². The van der Waals surface area contributed by atoms with Crippen molar-refractivity contribution >= 4 is 23.4 Å². The molecule has 0 aliphatic carbocycles. The molecule has 1 N–H and O–H groups in total. The molecule has 132 valence electrons. The van der Waals surface area contributed by atoms with E-state index in [2.05, 4.69) is 10.3 Å². The number of halogens is 1. The highest BCUT2D eigenvalue weighted by atomic mass is 35.5. The summed E-state index contributed by atoms with van der Waals surface area (Å²) in [6, 6.07) is 25.9. The van der Waals surface area contributed by atoms with Crippen LogP contribution in [0, 0.1) is 0 Å². The van der Waals surface area contributed by atoms with Crippen molar-refractivity contribution < 1.29 is 9.21 Å². The summed E-state index contributed by atoms with van der Waals surface area (Å²) in [4.78, 5) is 17.2. The van der Waals surface area contributed by atoms with Gasteiger partial charge in [-0.25, -0.2) is 4.98 Å². The number of oxazole rings is 1. The summed E-state index contributed by atoms with van der Waals surface area (Å²) in [5.41, 5.74) is 2.70. The number of benzene rings is 3. The molecule has 5 heteroatoms. The normalized spacial score (nSPS) is 10.6. The number of nitrogens with zero attached hydrogens (tertiary/aromatic N) is 1. The predicted octanol–water partition coefficient (Wildman–Crippen LogP) is 5.91. The highest BCUT2D eigenvalue weighted by Gasteiger charge is 2.19. The van der Waals surface area contributed by atoms with Gasteiger partial charge in [0.1, 0.15) is 5.69 Å². The molecule has 4 aromatic rings. The molecule has 0 saturated heterocycles. The van der Waals surface area contributed by atoms with Crippen molar-refractivity contribution in [1.82, 2.24) is 4.98 Å². The Bertz CT molecular complexity index is 1080. The molecular weight excluding hydrogens is 360 g/mol. The molecule has 1 heterocycles. The number of aromatic nitrogens is 1. The van der Waals surface area contributed by atoms with Crippen LogP contribution in [0.5, 0.6) is 0 Å². The van der Waals surface area contributed by atoms with E-state index in [4.69, 9.17) is 16.0 Å². The Kier molecular flexibility index (Phi) is 4.73. The fourth-order valence-electron chi connectivity index (χ4n) is 2.71. The molecule has 0 saturated carbocycles. The van der Waals surface area contributed by atoms with E-state index in [1.54, 1.807) is 24.3 Å². The fourth-order valence-corrected chi connectivity index (χ4v) is 2.90. The molecule has 0 spiro atoms. The zero-order chi connectivity index (χ0) is 18.6. The Hall–Kier alpha value is -3.37. The number of rotatable bonds is 4. The summed E-state index contributed by atoms with van der Waals surface area (Å²) < 4.78 is 5.90. The molecule has 0 fully saturated rings. The lowest BCUT2D eigenvalue weighted by molar-refractivity contribution is 0.102. The lowest BCUT2D eigenvalue weighted by atomic mass is 10.1. The first-order valence-corrected chi connectivity index (χ1v) is 8.77. The SMILES string of the molecule is O=C(Nc1oc(-c2ccccc2)nc1-c1ccccc1)c1cccc(Cl)c1. The fraction of sp³-hybridized carbons (Fsp3) is 0. The Morgan fingerprint density at radius 3 is 2.19 bits per heavy atom. The third-order valence-corrected chi connectivity index (χ3v) is 4.24. The van der Waals surface area contributed by atoms with Crippen molar-refractivity contribution in [1.29, 1.82) is 0 Å². The predicted molar refractivity (Wildman–Crippen MR) is 107 cm³/mol. The molecular formula is C22H15ClN2O2. The van der Waals surface area contributed by atoms with E-state index in [0.29, 0.717) is 28.1 Å². The summed E-state index contributed by atoms with van der Waals surface area (Å²) in [6.45, 7) is 0. The molecule has 0 unspecified atom stereocenters. The van der Waals surface area contributed by atoms with Crippen LogP contribution in [-0.2, 0) is 0 Å². The summed E-state index contributed by atoms with van der Waals surface area (Å²) in [5, 5.41) is 3.31. The van der Waals surface area contributed by atoms with Gasteiger partial charge in [0.15, 0.2) is 0 Å². The van der Waals surface area contributed by atoms with Gasteiger partial charge in [-0.2, -0.15) is 0 Å². The maximum Gasteiger partial charge on any atom is 0.258 e. The summed E-state index contributed by atoms with van der Waals surface area (Å²) in [6.07, 6.45) is 0. The van der Waals surface area contributed by atoms with Crippen LogP contribution in [0.3, 0.4) is 0 Å². The van der Waals surface area contributed by atoms with E-state index in [1.165, 1.54) is 0 Å². The summed E-state index contributed by atoms with van der Waals surface area (Å²) >= 11 is 5.99. The second kappa shape index (κ2) is 7.48. The van der Waals surface area contributed by atoms with Crippen molar-refractivity contribution in [3.63, 3.8) is 0 Å². The first kappa shape index (κ1) is 17.1. The number of hydrogen-bond donors (Lipinski definition) is 1. The molecule has 0 atom stereocenters. The number of amides is 1. The van der Waals surface area contributed by atoms with Crippen LogP contribution in [0.15, 0.2) is 89.3 Å². The zero-order valence-electron chi connectivity index (χ0n) is 14.2. The second-order valence-electron chi connectivity index (χ2n) is 5.89. The Morgan fingerprint density at radius 1 is 0.852 bits per heavy atom. The van der Waals surface area contributed by atoms with Gasteiger partial charge in [0, 0.05) is 21.7 Å². The van der Waals surface area contributed by atoms with Gasteiger partial charge in [-0.3, -0.25) is 10.1 Å². The van der Waals surface area contributed by atoms with Crippen molar-refractivity contribution in [2.75, 3.05) is 5.32 Å². The van der Waals surface area contributed by atoms with E-state index in [-0.39, 0.29) is 5.91 Å². The second-order valence-corrected chi connectivity index (χ2v) is 6.33. The molecule has 0 aliphatic heterocycles. The number of carbonyl (C=O) groups is 1. The maximum atomic E-state index is 12.6. The molecule has 27 heavy (non-hydrogen) atoms. The maximum absolute atomic E-state index is 12.6. The topological polar surface area (TPSA) is 55.1 Å². The van der Waals surface area contributed by atoms with E-state index in [0.717, 1.165) is 11.1 Å². The summed E-state index contributed by atoms with van der Waals surface area (Å²) in [7, 11) is 0. The summed E-state index contributed by atoms with van der Waals surface area (Å²) in [5.74, 6) is 0.423. The van der Waals surface area contributed by atoms with Crippen LogP contribution in [0.2, 0.25) is 5.02 Å². The average Bonchev–Trinajstić information content (AvgIpc) is 3.13. The van der Waals surface area contributed by atoms with Gasteiger partial charge in [0.05, 0.1) is 0 Å². The van der Waals surface area contributed by atoms with Crippen molar-refractivity contribution in [3.8, 4) is 22.7 Å². The molecule has 4 nitrogen and oxygen atoms in total. The minimum absolute atomic E-state index is 0.296. The molecule has 0 bridgehead atoms. The lowest BCUT2D eigenvalue weighted by Gasteiger charge is -2.04. The number of carbonyl (C=O) groups excluding carboxylic acids is 1. The Balaban J connectivity index is 1.74. The van der Waals surface area contributed by atoms with Gasteiger partial charge in [0.25, 0.3) is 5.91 Å². The van der Waals surface area contributed by atoms with Gasteiger partial charge < -0.3 is 4.42 Å². The van der Waals surface area contributed by atoms with E-state index in [1.807, 2.05) is 60.7 Å². The molecule has 0 radical (unpaired) electrons. The van der Waals surface area contributed by atoms with Crippen LogP contribution in [0.1, 0.15) is 10.4 Å².